The van der Waals surface area contributed by atoms with Crippen LogP contribution in [0.15, 0.2) is 47.5 Å². The van der Waals surface area contributed by atoms with Gasteiger partial charge in [0.25, 0.3) is 0 Å². The van der Waals surface area contributed by atoms with Gasteiger partial charge in [0, 0.05) is 6.21 Å². The van der Waals surface area contributed by atoms with E-state index in [-0.39, 0.29) is 0 Å². The highest BCUT2D eigenvalue weighted by atomic mass is 16.5. The Morgan fingerprint density at radius 3 is 2.36 bits per heavy atom. The van der Waals surface area contributed by atoms with E-state index in [4.69, 9.17) is 9.47 Å². The molecule has 0 aromatic heterocycles. The maximum Gasteiger partial charge on any atom is 0.161 e. The van der Waals surface area contributed by atoms with E-state index < -0.39 is 6.10 Å². The van der Waals surface area contributed by atoms with Crippen LogP contribution < -0.4 is 9.47 Å². The number of hydrogen-bond acceptors (Lipinski definition) is 4. The fraction of sp³-hybridized carbons (Fsp3) is 0.278. The van der Waals surface area contributed by atoms with Crippen LogP contribution in [0, 0.1) is 6.92 Å². The Morgan fingerprint density at radius 2 is 1.73 bits per heavy atom. The van der Waals surface area contributed by atoms with Crippen LogP contribution in [0.4, 0.5) is 0 Å². The van der Waals surface area contributed by atoms with Crippen molar-refractivity contribution in [3.8, 4) is 11.5 Å². The smallest absolute Gasteiger partial charge is 0.161 e. The summed E-state index contributed by atoms with van der Waals surface area (Å²) in [6, 6.07) is 13.4. The van der Waals surface area contributed by atoms with Gasteiger partial charge in [-0.05, 0) is 30.2 Å². The Morgan fingerprint density at radius 1 is 1.05 bits per heavy atom. The summed E-state index contributed by atoms with van der Waals surface area (Å²) in [5, 5.41) is 10.2. The van der Waals surface area contributed by atoms with Crippen molar-refractivity contribution in [1.82, 2.24) is 0 Å². The minimum Gasteiger partial charge on any atom is -0.493 e. The first-order chi connectivity index (χ1) is 10.6. The summed E-state index contributed by atoms with van der Waals surface area (Å²) in [6.45, 7) is 2.34. The quantitative estimate of drug-likeness (QED) is 0.834. The first-order valence-electron chi connectivity index (χ1n) is 7.10. The number of hydrogen-bond donors (Lipinski definition) is 1. The normalized spacial score (nSPS) is 12.4. The van der Waals surface area contributed by atoms with E-state index in [0.717, 1.165) is 11.1 Å². The number of aliphatic hydroxyl groups excluding tert-OH is 1. The summed E-state index contributed by atoms with van der Waals surface area (Å²) >= 11 is 0. The van der Waals surface area contributed by atoms with Crippen LogP contribution in [0.25, 0.3) is 0 Å². The summed E-state index contributed by atoms with van der Waals surface area (Å²) < 4.78 is 10.4. The van der Waals surface area contributed by atoms with E-state index in [1.165, 1.54) is 5.56 Å². The van der Waals surface area contributed by atoms with Crippen LogP contribution in [-0.2, 0) is 0 Å². The molecule has 0 saturated carbocycles. The van der Waals surface area contributed by atoms with Crippen molar-refractivity contribution < 1.29 is 14.6 Å². The second-order valence-corrected chi connectivity index (χ2v) is 5.04. The highest BCUT2D eigenvalue weighted by molar-refractivity contribution is 5.79. The van der Waals surface area contributed by atoms with Gasteiger partial charge in [0.05, 0.1) is 26.9 Å². The van der Waals surface area contributed by atoms with Crippen LogP contribution in [0.1, 0.15) is 22.8 Å². The topological polar surface area (TPSA) is 51.0 Å². The predicted octanol–water partition coefficient (Wildman–Crippen LogP) is 3.16. The minimum atomic E-state index is -0.679. The minimum absolute atomic E-state index is 0.295. The van der Waals surface area contributed by atoms with Crippen molar-refractivity contribution >= 4 is 6.21 Å². The largest absolute Gasteiger partial charge is 0.493 e. The molecule has 0 amide bonds. The third-order valence-corrected chi connectivity index (χ3v) is 3.39. The van der Waals surface area contributed by atoms with Crippen LogP contribution in [0.2, 0.25) is 0 Å². The molecule has 2 aromatic rings. The van der Waals surface area contributed by atoms with Crippen molar-refractivity contribution in [1.29, 1.82) is 0 Å². The second-order valence-electron chi connectivity index (χ2n) is 5.04. The van der Waals surface area contributed by atoms with Gasteiger partial charge in [-0.25, -0.2) is 0 Å². The van der Waals surface area contributed by atoms with Crippen molar-refractivity contribution in [3.63, 3.8) is 0 Å². The van der Waals surface area contributed by atoms with E-state index in [9.17, 15) is 5.11 Å². The lowest BCUT2D eigenvalue weighted by atomic mass is 10.1. The zero-order chi connectivity index (χ0) is 15.9. The number of aliphatic imine (C=N–C) groups is 1. The van der Waals surface area contributed by atoms with E-state index in [0.29, 0.717) is 18.0 Å². The van der Waals surface area contributed by atoms with Gasteiger partial charge in [0.2, 0.25) is 0 Å². The number of rotatable bonds is 6. The second kappa shape index (κ2) is 7.61. The van der Waals surface area contributed by atoms with Gasteiger partial charge in [0.1, 0.15) is 0 Å². The molecule has 22 heavy (non-hydrogen) atoms. The standard InChI is InChI=1S/C18H21NO3/c1-13-4-6-14(7-5-13)11-19-12-16(20)15-8-9-17(21-2)18(10-15)22-3/h4-11,16,20H,12H2,1-3H3. The van der Waals surface area contributed by atoms with Crippen LogP contribution in [-0.4, -0.2) is 32.1 Å². The molecular formula is C18H21NO3. The number of methoxy groups -OCH3 is 2. The SMILES string of the molecule is COc1ccc(C(O)CN=Cc2ccc(C)cc2)cc1OC. The first-order valence-corrected chi connectivity index (χ1v) is 7.10. The molecular weight excluding hydrogens is 278 g/mol. The number of aliphatic hydroxyl groups is 1. The van der Waals surface area contributed by atoms with E-state index >= 15 is 0 Å². The highest BCUT2D eigenvalue weighted by Gasteiger charge is 2.10. The van der Waals surface area contributed by atoms with Gasteiger partial charge in [-0.3, -0.25) is 4.99 Å². The van der Waals surface area contributed by atoms with Crippen molar-refractivity contribution in [3.05, 3.63) is 59.2 Å². The molecule has 2 aromatic carbocycles. The average Bonchev–Trinajstić information content (AvgIpc) is 2.55. The van der Waals surface area contributed by atoms with Crippen molar-refractivity contribution in [2.24, 2.45) is 4.99 Å². The Kier molecular flexibility index (Phi) is 5.55. The Hall–Kier alpha value is -2.33. The first kappa shape index (κ1) is 16.0. The zero-order valence-electron chi connectivity index (χ0n) is 13.1. The predicted molar refractivity (Wildman–Crippen MR) is 88.1 cm³/mol. The van der Waals surface area contributed by atoms with Gasteiger partial charge in [-0.1, -0.05) is 35.9 Å². The summed E-state index contributed by atoms with van der Waals surface area (Å²) in [5.74, 6) is 1.24. The molecule has 0 radical (unpaired) electrons. The molecule has 1 N–H and O–H groups in total. The molecule has 1 unspecified atom stereocenters. The lowest BCUT2D eigenvalue weighted by molar-refractivity contribution is 0.187. The molecule has 0 aliphatic rings. The Labute approximate surface area is 131 Å². The molecule has 4 heteroatoms. The number of benzene rings is 2. The number of nitrogens with zero attached hydrogens (tertiary/aromatic N) is 1. The van der Waals surface area contributed by atoms with Gasteiger partial charge < -0.3 is 14.6 Å². The molecule has 116 valence electrons. The van der Waals surface area contributed by atoms with Crippen LogP contribution >= 0.6 is 0 Å². The molecule has 0 bridgehead atoms. The summed E-state index contributed by atoms with van der Waals surface area (Å²) in [7, 11) is 3.16. The fourth-order valence-electron chi connectivity index (χ4n) is 2.08. The maximum absolute atomic E-state index is 10.2. The fourth-order valence-corrected chi connectivity index (χ4v) is 2.08. The summed E-state index contributed by atoms with van der Waals surface area (Å²) in [4.78, 5) is 4.30. The molecule has 2 rings (SSSR count). The van der Waals surface area contributed by atoms with Gasteiger partial charge >= 0.3 is 0 Å². The third-order valence-electron chi connectivity index (χ3n) is 3.39. The number of ether oxygens (including phenoxy) is 2. The van der Waals surface area contributed by atoms with Gasteiger partial charge in [-0.2, -0.15) is 0 Å². The highest BCUT2D eigenvalue weighted by Crippen LogP contribution is 2.29. The van der Waals surface area contributed by atoms with Crippen molar-refractivity contribution in [2.75, 3.05) is 20.8 Å². The molecule has 4 nitrogen and oxygen atoms in total. The maximum atomic E-state index is 10.2. The van der Waals surface area contributed by atoms with Crippen molar-refractivity contribution in [2.45, 2.75) is 13.0 Å². The summed E-state index contributed by atoms with van der Waals surface area (Å²) in [5.41, 5.74) is 2.98. The van der Waals surface area contributed by atoms with E-state index in [1.807, 2.05) is 37.3 Å². The number of aryl methyl sites for hydroxylation is 1. The lowest BCUT2D eigenvalue weighted by Gasteiger charge is -2.12. The van der Waals surface area contributed by atoms with E-state index in [2.05, 4.69) is 4.99 Å². The molecule has 0 spiro atoms. The molecule has 0 fully saturated rings. The molecule has 0 aliphatic heterocycles. The zero-order valence-corrected chi connectivity index (χ0v) is 13.1. The van der Waals surface area contributed by atoms with Crippen LogP contribution in [0.5, 0.6) is 11.5 Å². The average molecular weight is 299 g/mol. The molecule has 0 heterocycles. The Bertz CT molecular complexity index is 635. The lowest BCUT2D eigenvalue weighted by Crippen LogP contribution is -2.03. The van der Waals surface area contributed by atoms with Gasteiger partial charge in [0.15, 0.2) is 11.5 Å². The van der Waals surface area contributed by atoms with Gasteiger partial charge in [-0.15, -0.1) is 0 Å². The third kappa shape index (κ3) is 4.09. The summed E-state index contributed by atoms with van der Waals surface area (Å²) in [6.07, 6.45) is 1.09. The Balaban J connectivity index is 2.02. The van der Waals surface area contributed by atoms with Crippen LogP contribution in [0.3, 0.4) is 0 Å². The molecule has 0 aliphatic carbocycles. The molecule has 1 atom stereocenters. The molecule has 0 saturated heterocycles. The van der Waals surface area contributed by atoms with E-state index in [1.54, 1.807) is 32.6 Å². The monoisotopic (exact) mass is 299 g/mol.